The van der Waals surface area contributed by atoms with E-state index in [1.807, 2.05) is 38.1 Å². The lowest BCUT2D eigenvalue weighted by Gasteiger charge is -2.29. The maximum Gasteiger partial charge on any atom is 0.303 e. The molecule has 0 aliphatic heterocycles. The maximum absolute atomic E-state index is 12.9. The molecule has 0 spiro atoms. The van der Waals surface area contributed by atoms with Crippen molar-refractivity contribution in [3.05, 3.63) is 35.4 Å². The van der Waals surface area contributed by atoms with Crippen molar-refractivity contribution in [3.63, 3.8) is 0 Å². The highest BCUT2D eigenvalue weighted by Crippen LogP contribution is 2.51. The van der Waals surface area contributed by atoms with Gasteiger partial charge in [-0.05, 0) is 43.2 Å². The van der Waals surface area contributed by atoms with E-state index < -0.39 is 13.3 Å². The van der Waals surface area contributed by atoms with Gasteiger partial charge in [0.25, 0.3) is 0 Å². The Labute approximate surface area is 138 Å². The van der Waals surface area contributed by atoms with Crippen LogP contribution < -0.4 is 5.73 Å². The smallest absolute Gasteiger partial charge is 0.303 e. The van der Waals surface area contributed by atoms with E-state index in [1.54, 1.807) is 6.92 Å². The Bertz CT molecular complexity index is 561. The van der Waals surface area contributed by atoms with Gasteiger partial charge in [0.15, 0.2) is 0 Å². The molecule has 6 heteroatoms. The summed E-state index contributed by atoms with van der Waals surface area (Å²) in [4.78, 5) is 10.9. The van der Waals surface area contributed by atoms with Crippen molar-refractivity contribution >= 4 is 13.3 Å². The number of aliphatic carboxylic acids is 1. The van der Waals surface area contributed by atoms with Crippen LogP contribution in [0, 0.1) is 12.8 Å². The van der Waals surface area contributed by atoms with Gasteiger partial charge in [-0.2, -0.15) is 0 Å². The molecule has 0 amide bonds. The zero-order valence-electron chi connectivity index (χ0n) is 14.2. The lowest BCUT2D eigenvalue weighted by Crippen LogP contribution is -2.20. The summed E-state index contributed by atoms with van der Waals surface area (Å²) >= 11 is 0. The molecule has 0 aliphatic carbocycles. The van der Waals surface area contributed by atoms with Gasteiger partial charge in [0.1, 0.15) is 0 Å². The van der Waals surface area contributed by atoms with Gasteiger partial charge in [-0.3, -0.25) is 9.36 Å². The summed E-state index contributed by atoms with van der Waals surface area (Å²) in [7, 11) is -2.91. The quantitative estimate of drug-likeness (QED) is 0.632. The van der Waals surface area contributed by atoms with E-state index in [1.165, 1.54) is 0 Å². The highest BCUT2D eigenvalue weighted by atomic mass is 31.2. The van der Waals surface area contributed by atoms with Crippen LogP contribution in [0.2, 0.25) is 0 Å². The molecule has 23 heavy (non-hydrogen) atoms. The fourth-order valence-corrected chi connectivity index (χ4v) is 4.84. The van der Waals surface area contributed by atoms with Crippen LogP contribution in [-0.2, 0) is 13.9 Å². The predicted molar refractivity (Wildman–Crippen MR) is 93.1 cm³/mol. The summed E-state index contributed by atoms with van der Waals surface area (Å²) in [6.45, 7) is 6.19. The SMILES string of the molecule is CCOP(=O)(CN)CC(c1ccccc1C)C(C)CCC(=O)O. The van der Waals surface area contributed by atoms with Crippen LogP contribution in [0.1, 0.15) is 43.7 Å². The van der Waals surface area contributed by atoms with Gasteiger partial charge in [0.05, 0.1) is 12.9 Å². The van der Waals surface area contributed by atoms with Crippen LogP contribution >= 0.6 is 7.37 Å². The van der Waals surface area contributed by atoms with Crippen LogP contribution in [0.3, 0.4) is 0 Å². The molecule has 1 rings (SSSR count). The number of carboxylic acids is 1. The van der Waals surface area contributed by atoms with Gasteiger partial charge >= 0.3 is 5.97 Å². The molecule has 3 atom stereocenters. The molecule has 0 fully saturated rings. The maximum atomic E-state index is 12.9. The minimum Gasteiger partial charge on any atom is -0.481 e. The van der Waals surface area contributed by atoms with E-state index in [0.717, 1.165) is 11.1 Å². The first kappa shape index (κ1) is 19.9. The largest absolute Gasteiger partial charge is 0.481 e. The van der Waals surface area contributed by atoms with E-state index in [0.29, 0.717) is 19.2 Å². The van der Waals surface area contributed by atoms with Crippen molar-refractivity contribution in [2.45, 2.75) is 39.5 Å². The van der Waals surface area contributed by atoms with Gasteiger partial charge in [-0.1, -0.05) is 31.2 Å². The lowest BCUT2D eigenvalue weighted by atomic mass is 9.84. The number of benzene rings is 1. The van der Waals surface area contributed by atoms with E-state index in [4.69, 9.17) is 15.4 Å². The number of hydrogen-bond acceptors (Lipinski definition) is 4. The molecule has 0 aromatic heterocycles. The van der Waals surface area contributed by atoms with E-state index >= 15 is 0 Å². The van der Waals surface area contributed by atoms with Crippen molar-refractivity contribution in [2.24, 2.45) is 11.7 Å². The number of carboxylic acid groups (broad SMARTS) is 1. The number of nitrogens with two attached hydrogens (primary N) is 1. The third-order valence-electron chi connectivity index (χ3n) is 4.21. The van der Waals surface area contributed by atoms with Crippen molar-refractivity contribution in [3.8, 4) is 0 Å². The molecule has 0 saturated heterocycles. The predicted octanol–water partition coefficient (Wildman–Crippen LogP) is 3.81. The Morgan fingerprint density at radius 3 is 2.57 bits per heavy atom. The molecule has 5 nitrogen and oxygen atoms in total. The topological polar surface area (TPSA) is 89.6 Å². The Morgan fingerprint density at radius 1 is 1.39 bits per heavy atom. The first-order valence-electron chi connectivity index (χ1n) is 8.03. The first-order chi connectivity index (χ1) is 10.8. The standard InChI is InChI=1S/C17H28NO4P/c1-4-22-23(21,12-18)11-16(14(3)9-10-17(19)20)15-8-6-5-7-13(15)2/h5-8,14,16H,4,9-12,18H2,1-3H3,(H,19,20). The Kier molecular flexibility index (Phi) is 7.97. The molecule has 0 aliphatic rings. The molecule has 0 radical (unpaired) electrons. The minimum absolute atomic E-state index is 0.00880. The van der Waals surface area contributed by atoms with Gasteiger partial charge < -0.3 is 15.4 Å². The average molecular weight is 341 g/mol. The summed E-state index contributed by atoms with van der Waals surface area (Å²) in [6, 6.07) is 7.94. The summed E-state index contributed by atoms with van der Waals surface area (Å²) in [5.41, 5.74) is 7.90. The monoisotopic (exact) mass is 341 g/mol. The molecule has 130 valence electrons. The fraction of sp³-hybridized carbons (Fsp3) is 0.588. The van der Waals surface area contributed by atoms with Crippen molar-refractivity contribution in [2.75, 3.05) is 19.1 Å². The summed E-state index contributed by atoms with van der Waals surface area (Å²) < 4.78 is 18.3. The van der Waals surface area contributed by atoms with Crippen LogP contribution in [-0.4, -0.2) is 30.1 Å². The van der Waals surface area contributed by atoms with Crippen molar-refractivity contribution in [1.29, 1.82) is 0 Å². The summed E-state index contributed by atoms with van der Waals surface area (Å²) in [5, 5.41) is 8.93. The van der Waals surface area contributed by atoms with E-state index in [-0.39, 0.29) is 24.5 Å². The lowest BCUT2D eigenvalue weighted by molar-refractivity contribution is -0.137. The third kappa shape index (κ3) is 6.09. The molecule has 0 saturated carbocycles. The second-order valence-corrected chi connectivity index (χ2v) is 8.59. The number of aryl methyl sites for hydroxylation is 1. The van der Waals surface area contributed by atoms with Gasteiger partial charge in [-0.25, -0.2) is 0 Å². The molecular formula is C17H28NO4P. The normalized spacial score (nSPS) is 16.5. The molecule has 0 heterocycles. The third-order valence-corrected chi connectivity index (χ3v) is 6.44. The number of carbonyl (C=O) groups is 1. The zero-order valence-corrected chi connectivity index (χ0v) is 15.1. The number of hydrogen-bond donors (Lipinski definition) is 2. The molecular weight excluding hydrogens is 313 g/mol. The second-order valence-electron chi connectivity index (χ2n) is 5.97. The van der Waals surface area contributed by atoms with Gasteiger partial charge in [0.2, 0.25) is 7.37 Å². The zero-order chi connectivity index (χ0) is 17.5. The van der Waals surface area contributed by atoms with Crippen molar-refractivity contribution < 1.29 is 19.0 Å². The van der Waals surface area contributed by atoms with E-state index in [9.17, 15) is 9.36 Å². The molecule has 3 unspecified atom stereocenters. The second kappa shape index (κ2) is 9.21. The number of rotatable bonds is 10. The summed E-state index contributed by atoms with van der Waals surface area (Å²) in [5.74, 6) is -0.767. The van der Waals surface area contributed by atoms with Gasteiger partial charge in [0, 0.05) is 12.6 Å². The Hall–Kier alpha value is -1.16. The van der Waals surface area contributed by atoms with Crippen LogP contribution in [0.15, 0.2) is 24.3 Å². The van der Waals surface area contributed by atoms with Crippen molar-refractivity contribution in [1.82, 2.24) is 0 Å². The van der Waals surface area contributed by atoms with E-state index in [2.05, 4.69) is 0 Å². The molecule has 3 N–H and O–H groups in total. The highest BCUT2D eigenvalue weighted by molar-refractivity contribution is 7.58. The average Bonchev–Trinajstić information content (AvgIpc) is 2.51. The van der Waals surface area contributed by atoms with Crippen LogP contribution in [0.4, 0.5) is 0 Å². The highest BCUT2D eigenvalue weighted by Gasteiger charge is 2.31. The minimum atomic E-state index is -2.91. The molecule has 0 bridgehead atoms. The molecule has 1 aromatic rings. The van der Waals surface area contributed by atoms with Crippen LogP contribution in [0.25, 0.3) is 0 Å². The fourth-order valence-electron chi connectivity index (χ4n) is 2.85. The summed E-state index contributed by atoms with van der Waals surface area (Å²) in [6.07, 6.45) is 0.994. The Morgan fingerprint density at radius 2 is 2.04 bits per heavy atom. The first-order valence-corrected chi connectivity index (χ1v) is 10.0. The van der Waals surface area contributed by atoms with Gasteiger partial charge in [-0.15, -0.1) is 0 Å². The Balaban J connectivity index is 3.08. The van der Waals surface area contributed by atoms with Crippen LogP contribution in [0.5, 0.6) is 0 Å². The molecule has 1 aromatic carbocycles.